The topological polar surface area (TPSA) is 110 Å². The molecule has 1 heterocycles. The number of ketones is 1. The molecule has 2 rings (SSSR count). The van der Waals surface area contributed by atoms with E-state index in [2.05, 4.69) is 37.9 Å². The van der Waals surface area contributed by atoms with E-state index in [9.17, 15) is 14.4 Å². The van der Waals surface area contributed by atoms with Gasteiger partial charge >= 0.3 is 11.9 Å². The Bertz CT molecular complexity index is 1090. The van der Waals surface area contributed by atoms with Gasteiger partial charge in [-0.3, -0.25) is 14.4 Å². The number of aromatic nitrogens is 1. The molecule has 0 aliphatic rings. The molecule has 9 nitrogen and oxygen atoms in total. The molecule has 1 unspecified atom stereocenters. The number of carbonyl (C=O) groups is 3. The summed E-state index contributed by atoms with van der Waals surface area (Å²) < 4.78 is 27.8. The molecule has 1 aromatic heterocycles. The lowest BCUT2D eigenvalue weighted by atomic mass is 9.89. The monoisotopic (exact) mass is 557 g/mol. The third-order valence-corrected chi connectivity index (χ3v) is 6.43. The summed E-state index contributed by atoms with van der Waals surface area (Å²) in [5, 5.41) is 0. The smallest absolute Gasteiger partial charge is 0.309 e. The Morgan fingerprint density at radius 2 is 1.70 bits per heavy atom. The molecule has 9 heteroatoms. The quantitative estimate of drug-likeness (QED) is 0.143. The maximum absolute atomic E-state index is 13.2. The summed E-state index contributed by atoms with van der Waals surface area (Å²) in [5.41, 5.74) is 1.17. The molecular formula is C31H43NO8. The minimum atomic E-state index is -0.746. The SMILES string of the molecule is CC[C@H](Cc1ccccc1)[C@@H](OCC(C)C)[C@H](C)OC(=O)C(C)CC(=O)c1nccc(OC)c1OCOC(C)=O. The Balaban J connectivity index is 2.12. The molecule has 4 atom stereocenters. The summed E-state index contributed by atoms with van der Waals surface area (Å²) in [6, 6.07) is 11.7. The number of ether oxygens (including phenoxy) is 5. The number of rotatable bonds is 17. The van der Waals surface area contributed by atoms with Crippen molar-refractivity contribution in [3.8, 4) is 11.5 Å². The summed E-state index contributed by atoms with van der Waals surface area (Å²) in [6.07, 6.45) is 2.08. The lowest BCUT2D eigenvalue weighted by molar-refractivity contribution is -0.164. The highest BCUT2D eigenvalue weighted by atomic mass is 16.7. The zero-order chi connectivity index (χ0) is 29.7. The molecule has 0 saturated carbocycles. The van der Waals surface area contributed by atoms with Crippen LogP contribution in [0.2, 0.25) is 0 Å². The minimum Gasteiger partial charge on any atom is -0.493 e. The second kappa shape index (κ2) is 16.6. The van der Waals surface area contributed by atoms with Gasteiger partial charge in [0, 0.05) is 32.2 Å². The van der Waals surface area contributed by atoms with Crippen LogP contribution in [0, 0.1) is 17.8 Å². The Hall–Kier alpha value is -3.46. The predicted molar refractivity (Wildman–Crippen MR) is 150 cm³/mol. The molecule has 0 bridgehead atoms. The van der Waals surface area contributed by atoms with Crippen LogP contribution in [-0.4, -0.2) is 55.4 Å². The van der Waals surface area contributed by atoms with Gasteiger partial charge in [0.15, 0.2) is 23.0 Å². The number of methoxy groups -OCH3 is 1. The molecule has 2 aromatic rings. The fraction of sp³-hybridized carbons (Fsp3) is 0.548. The highest BCUT2D eigenvalue weighted by molar-refractivity contribution is 5.99. The van der Waals surface area contributed by atoms with Gasteiger partial charge in [0.25, 0.3) is 0 Å². The third kappa shape index (κ3) is 10.3. The second-order valence-electron chi connectivity index (χ2n) is 10.3. The van der Waals surface area contributed by atoms with Crippen molar-refractivity contribution >= 4 is 17.7 Å². The number of hydrogen-bond acceptors (Lipinski definition) is 9. The van der Waals surface area contributed by atoms with Gasteiger partial charge in [-0.25, -0.2) is 4.98 Å². The van der Waals surface area contributed by atoms with Gasteiger partial charge in [0.05, 0.1) is 19.1 Å². The van der Waals surface area contributed by atoms with E-state index in [1.165, 1.54) is 31.9 Å². The van der Waals surface area contributed by atoms with Crippen LogP contribution in [-0.2, 0) is 30.2 Å². The molecule has 0 radical (unpaired) electrons. The summed E-state index contributed by atoms with van der Waals surface area (Å²) in [6.45, 7) is 11.1. The van der Waals surface area contributed by atoms with E-state index in [1.54, 1.807) is 6.92 Å². The van der Waals surface area contributed by atoms with Crippen LogP contribution >= 0.6 is 0 Å². The van der Waals surface area contributed by atoms with E-state index in [0.717, 1.165) is 12.8 Å². The van der Waals surface area contributed by atoms with Gasteiger partial charge in [-0.05, 0) is 30.7 Å². The van der Waals surface area contributed by atoms with Gasteiger partial charge < -0.3 is 23.7 Å². The highest BCUT2D eigenvalue weighted by Crippen LogP contribution is 2.31. The average Bonchev–Trinajstić information content (AvgIpc) is 2.92. The molecule has 1 aromatic carbocycles. The van der Waals surface area contributed by atoms with Crippen molar-refractivity contribution < 1.29 is 38.1 Å². The van der Waals surface area contributed by atoms with Crippen LogP contribution in [0.3, 0.4) is 0 Å². The predicted octanol–water partition coefficient (Wildman–Crippen LogP) is 5.44. The van der Waals surface area contributed by atoms with E-state index < -0.39 is 36.5 Å². The summed E-state index contributed by atoms with van der Waals surface area (Å²) in [7, 11) is 1.42. The second-order valence-corrected chi connectivity index (χ2v) is 10.3. The van der Waals surface area contributed by atoms with E-state index in [0.29, 0.717) is 12.5 Å². The maximum Gasteiger partial charge on any atom is 0.309 e. The van der Waals surface area contributed by atoms with Crippen molar-refractivity contribution in [3.63, 3.8) is 0 Å². The fourth-order valence-electron chi connectivity index (χ4n) is 4.29. The normalized spacial score (nSPS) is 14.1. The van der Waals surface area contributed by atoms with E-state index in [-0.39, 0.29) is 35.6 Å². The molecular weight excluding hydrogens is 514 g/mol. The van der Waals surface area contributed by atoms with Crippen LogP contribution < -0.4 is 9.47 Å². The van der Waals surface area contributed by atoms with Gasteiger partial charge in [-0.2, -0.15) is 0 Å². The zero-order valence-electron chi connectivity index (χ0n) is 24.7. The number of esters is 2. The molecule has 0 fully saturated rings. The Labute approximate surface area is 237 Å². The molecule has 40 heavy (non-hydrogen) atoms. The average molecular weight is 558 g/mol. The minimum absolute atomic E-state index is 0.0220. The lowest BCUT2D eigenvalue weighted by Crippen LogP contribution is -2.40. The maximum atomic E-state index is 13.2. The summed E-state index contributed by atoms with van der Waals surface area (Å²) in [4.78, 5) is 41.5. The zero-order valence-corrected chi connectivity index (χ0v) is 24.7. The molecule has 0 amide bonds. The number of benzene rings is 1. The number of Topliss-reactive ketones (excluding diaryl/α,β-unsaturated/α-hetero) is 1. The molecule has 0 aliphatic heterocycles. The first-order valence-corrected chi connectivity index (χ1v) is 13.8. The van der Waals surface area contributed by atoms with E-state index >= 15 is 0 Å². The molecule has 0 aliphatic carbocycles. The van der Waals surface area contributed by atoms with Crippen LogP contribution in [0.5, 0.6) is 11.5 Å². The Morgan fingerprint density at radius 1 is 1.00 bits per heavy atom. The standard InChI is InChI=1S/C31H43NO8/c1-8-25(17-24-12-10-9-11-13-24)29(37-18-20(2)3)22(5)40-31(35)21(4)16-26(34)28-30(39-19-38-23(6)33)27(36-7)14-15-32-28/h9-15,20-22,25,29H,8,16-19H2,1-7H3/t21?,22-,25+,29-/m0/s1. The van der Waals surface area contributed by atoms with Gasteiger partial charge in [0.2, 0.25) is 6.79 Å². The molecule has 0 N–H and O–H groups in total. The van der Waals surface area contributed by atoms with E-state index in [1.807, 2.05) is 25.1 Å². The van der Waals surface area contributed by atoms with Crippen molar-refractivity contribution in [2.45, 2.75) is 73.0 Å². The lowest BCUT2D eigenvalue weighted by Gasteiger charge is -2.32. The molecule has 0 saturated heterocycles. The van der Waals surface area contributed by atoms with Crippen molar-refractivity contribution in [3.05, 3.63) is 53.9 Å². The summed E-state index contributed by atoms with van der Waals surface area (Å²) in [5.74, 6) is -1.46. The first kappa shape index (κ1) is 32.8. The van der Waals surface area contributed by atoms with Gasteiger partial charge in [0.1, 0.15) is 6.10 Å². The van der Waals surface area contributed by atoms with E-state index in [4.69, 9.17) is 23.7 Å². The molecule has 0 spiro atoms. The first-order valence-electron chi connectivity index (χ1n) is 13.8. The van der Waals surface area contributed by atoms with Crippen molar-refractivity contribution in [2.24, 2.45) is 17.8 Å². The number of pyridine rings is 1. The fourth-order valence-corrected chi connectivity index (χ4v) is 4.29. The van der Waals surface area contributed by atoms with Gasteiger partial charge in [-0.1, -0.05) is 64.4 Å². The van der Waals surface area contributed by atoms with Gasteiger partial charge in [-0.15, -0.1) is 0 Å². The van der Waals surface area contributed by atoms with Crippen molar-refractivity contribution in [1.29, 1.82) is 0 Å². The number of hydrogen-bond donors (Lipinski definition) is 0. The largest absolute Gasteiger partial charge is 0.493 e. The third-order valence-electron chi connectivity index (χ3n) is 6.43. The van der Waals surface area contributed by atoms with Crippen molar-refractivity contribution in [1.82, 2.24) is 4.98 Å². The first-order chi connectivity index (χ1) is 19.1. The summed E-state index contributed by atoms with van der Waals surface area (Å²) >= 11 is 0. The Morgan fingerprint density at radius 3 is 2.30 bits per heavy atom. The molecule has 220 valence electrons. The number of nitrogens with zero attached hydrogens (tertiary/aromatic N) is 1. The highest BCUT2D eigenvalue weighted by Gasteiger charge is 2.32. The van der Waals surface area contributed by atoms with Crippen LogP contribution in [0.25, 0.3) is 0 Å². The van der Waals surface area contributed by atoms with Crippen LogP contribution in [0.4, 0.5) is 0 Å². The van der Waals surface area contributed by atoms with Crippen LogP contribution in [0.1, 0.15) is 70.4 Å². The van der Waals surface area contributed by atoms with Crippen molar-refractivity contribution in [2.75, 3.05) is 20.5 Å². The Kier molecular flexibility index (Phi) is 13.6. The number of carbonyl (C=O) groups excluding carboxylic acids is 3. The van der Waals surface area contributed by atoms with Crippen LogP contribution in [0.15, 0.2) is 42.6 Å².